The lowest BCUT2D eigenvalue weighted by atomic mass is 9.55. The minimum atomic E-state index is -0.887. The van der Waals surface area contributed by atoms with Crippen molar-refractivity contribution < 1.29 is 23.9 Å². The summed E-state index contributed by atoms with van der Waals surface area (Å²) in [6, 6.07) is 17.6. The van der Waals surface area contributed by atoms with Crippen molar-refractivity contribution in [2.75, 3.05) is 33.8 Å². The van der Waals surface area contributed by atoms with Gasteiger partial charge >= 0.3 is 6.09 Å². The first-order valence-corrected chi connectivity index (χ1v) is 12.1. The number of carbonyl (C=O) groups is 1. The number of hydrogen-bond donors (Lipinski definition) is 2. The molecule has 0 aromatic heterocycles. The third kappa shape index (κ3) is 4.84. The summed E-state index contributed by atoms with van der Waals surface area (Å²) < 4.78 is 11.8. The Morgan fingerprint density at radius 1 is 1.24 bits per heavy atom. The van der Waals surface area contributed by atoms with Gasteiger partial charge in [0.05, 0.1) is 27.2 Å². The lowest BCUT2D eigenvalue weighted by Crippen LogP contribution is -2.71. The van der Waals surface area contributed by atoms with Crippen LogP contribution >= 0.6 is 0 Å². The summed E-state index contributed by atoms with van der Waals surface area (Å²) in [5.74, 6) is 0.778. The Balaban J connectivity index is 1.56. The number of carbonyl (C=O) groups excluding carboxylic acids is 1. The first-order valence-electron chi connectivity index (χ1n) is 12.1. The fourth-order valence-electron chi connectivity index (χ4n) is 6.08. The fraction of sp³-hybridized carbons (Fsp3) is 0.464. The van der Waals surface area contributed by atoms with Crippen LogP contribution in [0.15, 0.2) is 67.3 Å². The quantitative estimate of drug-likeness (QED) is 0.476. The molecule has 1 saturated heterocycles. The van der Waals surface area contributed by atoms with Gasteiger partial charge in [-0.25, -0.2) is 4.79 Å². The van der Waals surface area contributed by atoms with E-state index in [0.29, 0.717) is 25.8 Å². The van der Waals surface area contributed by atoms with E-state index in [1.54, 1.807) is 7.11 Å². The van der Waals surface area contributed by atoms with Crippen LogP contribution < -0.4 is 10.1 Å². The number of benzene rings is 2. The predicted molar refractivity (Wildman–Crippen MR) is 133 cm³/mol. The van der Waals surface area contributed by atoms with Crippen molar-refractivity contribution in [2.24, 2.45) is 0 Å². The number of alkyl carbamates (subject to hydrolysis) is 1. The van der Waals surface area contributed by atoms with Crippen LogP contribution in [0.1, 0.15) is 36.8 Å². The lowest BCUT2D eigenvalue weighted by molar-refractivity contribution is -0.918. The SMILES string of the molecule is C=CC[N@@+]1(C)CC[C@@]2(c3cccc(OC)c3)C[C@H](NC(=O)OCc3ccccc3)CCC2(O)C1. The number of piperidine rings is 1. The van der Waals surface area contributed by atoms with E-state index in [1.165, 1.54) is 0 Å². The largest absolute Gasteiger partial charge is 0.497 e. The van der Waals surface area contributed by atoms with Crippen molar-refractivity contribution in [1.82, 2.24) is 5.32 Å². The molecule has 1 amide bonds. The smallest absolute Gasteiger partial charge is 0.407 e. The maximum absolute atomic E-state index is 12.6. The third-order valence-corrected chi connectivity index (χ3v) is 7.84. The summed E-state index contributed by atoms with van der Waals surface area (Å²) in [5, 5.41) is 15.3. The Bertz CT molecular complexity index is 1010. The zero-order chi connectivity index (χ0) is 24.2. The minimum absolute atomic E-state index is 0.0778. The van der Waals surface area contributed by atoms with Crippen molar-refractivity contribution in [3.63, 3.8) is 0 Å². The highest BCUT2D eigenvalue weighted by atomic mass is 16.5. The van der Waals surface area contributed by atoms with Crippen LogP contribution in [0.5, 0.6) is 5.75 Å². The molecule has 0 radical (unpaired) electrons. The molecule has 1 unspecified atom stereocenters. The highest BCUT2D eigenvalue weighted by Gasteiger charge is 2.61. The highest BCUT2D eigenvalue weighted by molar-refractivity contribution is 5.67. The highest BCUT2D eigenvalue weighted by Crippen LogP contribution is 2.53. The van der Waals surface area contributed by atoms with E-state index in [-0.39, 0.29) is 12.6 Å². The number of nitrogens with one attached hydrogen (secondary N) is 1. The number of methoxy groups -OCH3 is 1. The van der Waals surface area contributed by atoms with E-state index in [2.05, 4.69) is 25.0 Å². The number of amides is 1. The van der Waals surface area contributed by atoms with E-state index in [0.717, 1.165) is 40.9 Å². The summed E-state index contributed by atoms with van der Waals surface area (Å²) in [6.45, 7) is 6.58. The molecule has 4 rings (SSSR count). The molecule has 182 valence electrons. The van der Waals surface area contributed by atoms with E-state index >= 15 is 0 Å². The summed E-state index contributed by atoms with van der Waals surface area (Å²) in [4.78, 5) is 12.6. The van der Waals surface area contributed by atoms with Crippen molar-refractivity contribution in [2.45, 2.75) is 49.3 Å². The summed E-state index contributed by atoms with van der Waals surface area (Å²) in [5.41, 5.74) is 0.663. The summed E-state index contributed by atoms with van der Waals surface area (Å²) in [7, 11) is 3.86. The number of nitrogens with zero attached hydrogens (tertiary/aromatic N) is 1. The van der Waals surface area contributed by atoms with Crippen LogP contribution in [-0.4, -0.2) is 61.1 Å². The molecular weight excluding hydrogens is 428 g/mol. The van der Waals surface area contributed by atoms with Crippen LogP contribution in [0.25, 0.3) is 0 Å². The van der Waals surface area contributed by atoms with Crippen LogP contribution in [0.4, 0.5) is 4.79 Å². The van der Waals surface area contributed by atoms with Gasteiger partial charge in [-0.1, -0.05) is 49.0 Å². The molecule has 1 heterocycles. The number of fused-ring (bicyclic) bond motifs is 1. The Kier molecular flexibility index (Phi) is 7.01. The van der Waals surface area contributed by atoms with Gasteiger partial charge in [0, 0.05) is 17.9 Å². The second kappa shape index (κ2) is 9.80. The molecule has 2 aromatic rings. The minimum Gasteiger partial charge on any atom is -0.497 e. The number of hydrogen-bond acceptors (Lipinski definition) is 4. The number of aliphatic hydroxyl groups is 1. The van der Waals surface area contributed by atoms with Gasteiger partial charge in [-0.2, -0.15) is 0 Å². The van der Waals surface area contributed by atoms with Crippen LogP contribution in [-0.2, 0) is 16.8 Å². The maximum atomic E-state index is 12.6. The van der Waals surface area contributed by atoms with Crippen molar-refractivity contribution in [3.8, 4) is 5.75 Å². The average molecular weight is 466 g/mol. The first-order chi connectivity index (χ1) is 16.3. The second-order valence-electron chi connectivity index (χ2n) is 10.2. The van der Waals surface area contributed by atoms with Crippen molar-refractivity contribution >= 4 is 6.09 Å². The topological polar surface area (TPSA) is 67.8 Å². The van der Waals surface area contributed by atoms with Crippen molar-refractivity contribution in [1.29, 1.82) is 0 Å². The van der Waals surface area contributed by atoms with Crippen LogP contribution in [0.3, 0.4) is 0 Å². The Hall–Kier alpha value is -2.83. The normalized spacial score (nSPS) is 30.6. The molecule has 1 saturated carbocycles. The standard InChI is InChI=1S/C28H36N2O4/c1-4-16-30(2)17-15-27(23-11-8-12-25(18-23)33-3)19-24(13-14-28(27,32)21-30)29-26(31)34-20-22-9-6-5-7-10-22/h4-12,18,24,32H,1,13-17,19-21H2,2-3H3/p+1/t24-,27+,28?,30+/m1/s1. The number of likely N-dealkylation sites (N-methyl/N-ethyl adjacent to an activating group) is 1. The van der Waals surface area contributed by atoms with Crippen LogP contribution in [0, 0.1) is 0 Å². The van der Waals surface area contributed by atoms with Crippen LogP contribution in [0.2, 0.25) is 0 Å². The molecule has 1 aliphatic carbocycles. The molecule has 0 spiro atoms. The number of rotatable bonds is 7. The molecule has 34 heavy (non-hydrogen) atoms. The summed E-state index contributed by atoms with van der Waals surface area (Å²) >= 11 is 0. The molecule has 2 N–H and O–H groups in total. The molecule has 6 heteroatoms. The summed E-state index contributed by atoms with van der Waals surface area (Å²) in [6.07, 6.45) is 4.32. The fourth-order valence-corrected chi connectivity index (χ4v) is 6.08. The molecule has 0 bridgehead atoms. The maximum Gasteiger partial charge on any atom is 0.407 e. The van der Waals surface area contributed by atoms with Gasteiger partial charge in [-0.15, -0.1) is 0 Å². The molecule has 1 aliphatic heterocycles. The Morgan fingerprint density at radius 2 is 2.03 bits per heavy atom. The van der Waals surface area contributed by atoms with Gasteiger partial charge in [-0.05, 0) is 48.6 Å². The average Bonchev–Trinajstić information content (AvgIpc) is 2.84. The van der Waals surface area contributed by atoms with E-state index in [9.17, 15) is 9.90 Å². The molecule has 2 fully saturated rings. The number of quaternary nitrogens is 1. The van der Waals surface area contributed by atoms with E-state index in [4.69, 9.17) is 9.47 Å². The third-order valence-electron chi connectivity index (χ3n) is 7.84. The molecule has 6 nitrogen and oxygen atoms in total. The molecule has 2 aromatic carbocycles. The van der Waals surface area contributed by atoms with E-state index in [1.807, 2.05) is 54.6 Å². The lowest BCUT2D eigenvalue weighted by Gasteiger charge is -2.59. The molecule has 2 aliphatic rings. The van der Waals surface area contributed by atoms with Crippen molar-refractivity contribution in [3.05, 3.63) is 78.4 Å². The number of ether oxygens (including phenoxy) is 2. The van der Waals surface area contributed by atoms with Gasteiger partial charge in [0.2, 0.25) is 0 Å². The van der Waals surface area contributed by atoms with Gasteiger partial charge in [0.15, 0.2) is 0 Å². The Morgan fingerprint density at radius 3 is 2.76 bits per heavy atom. The molecule has 4 atom stereocenters. The zero-order valence-corrected chi connectivity index (χ0v) is 20.3. The number of likely N-dealkylation sites (tertiary alicyclic amines) is 1. The zero-order valence-electron chi connectivity index (χ0n) is 20.3. The van der Waals surface area contributed by atoms with Gasteiger partial charge in [0.25, 0.3) is 0 Å². The van der Waals surface area contributed by atoms with Gasteiger partial charge < -0.3 is 24.4 Å². The van der Waals surface area contributed by atoms with E-state index < -0.39 is 17.1 Å². The Labute approximate surface area is 202 Å². The van der Waals surface area contributed by atoms with Gasteiger partial charge in [0.1, 0.15) is 24.5 Å². The monoisotopic (exact) mass is 465 g/mol. The first kappa shape index (κ1) is 24.3. The van der Waals surface area contributed by atoms with Gasteiger partial charge in [-0.3, -0.25) is 0 Å². The predicted octanol–water partition coefficient (Wildman–Crippen LogP) is 4.18. The second-order valence-corrected chi connectivity index (χ2v) is 10.2. The molecular formula is C28H37N2O4+.